The van der Waals surface area contributed by atoms with E-state index in [-0.39, 0.29) is 18.2 Å². The average Bonchev–Trinajstić information content (AvgIpc) is 2.66. The lowest BCUT2D eigenvalue weighted by Gasteiger charge is -2.37. The summed E-state index contributed by atoms with van der Waals surface area (Å²) in [5.41, 5.74) is 5.40. The third-order valence-corrected chi connectivity index (χ3v) is 4.13. The molecule has 1 aromatic heterocycles. The maximum absolute atomic E-state index is 12.8. The van der Waals surface area contributed by atoms with Gasteiger partial charge in [0.25, 0.3) is 5.91 Å². The Balaban J connectivity index is 1.78. The van der Waals surface area contributed by atoms with Crippen LogP contribution in [-0.2, 0) is 14.3 Å². The number of rotatable bonds is 4. The van der Waals surface area contributed by atoms with E-state index in [1.807, 2.05) is 0 Å². The fraction of sp³-hybridized carbons (Fsp3) is 0.263. The molecule has 1 aliphatic heterocycles. The smallest absolute Gasteiger partial charge is 0.337 e. The van der Waals surface area contributed by atoms with Gasteiger partial charge in [-0.25, -0.2) is 9.78 Å². The number of anilines is 3. The SMILES string of the molecule is COC(=O)c1ccc(NC(=O)CN2C(=O)C(C)(C)Oc3ccc(N)nc32)cc1. The van der Waals surface area contributed by atoms with Gasteiger partial charge in [-0.2, -0.15) is 0 Å². The van der Waals surface area contributed by atoms with Crippen LogP contribution in [0.2, 0.25) is 0 Å². The van der Waals surface area contributed by atoms with E-state index in [1.165, 1.54) is 24.1 Å². The molecule has 0 aliphatic carbocycles. The number of fused-ring (bicyclic) bond motifs is 1. The van der Waals surface area contributed by atoms with E-state index >= 15 is 0 Å². The average molecular weight is 384 g/mol. The Morgan fingerprint density at radius 3 is 2.54 bits per heavy atom. The molecule has 0 bridgehead atoms. The van der Waals surface area contributed by atoms with Gasteiger partial charge in [-0.3, -0.25) is 14.5 Å². The number of amides is 2. The van der Waals surface area contributed by atoms with Crippen LogP contribution in [0.1, 0.15) is 24.2 Å². The quantitative estimate of drug-likeness (QED) is 0.767. The number of carbonyl (C=O) groups is 3. The van der Waals surface area contributed by atoms with Gasteiger partial charge in [0.15, 0.2) is 17.2 Å². The molecule has 3 N–H and O–H groups in total. The van der Waals surface area contributed by atoms with Crippen molar-refractivity contribution >= 4 is 35.1 Å². The maximum Gasteiger partial charge on any atom is 0.337 e. The monoisotopic (exact) mass is 384 g/mol. The van der Waals surface area contributed by atoms with Crippen LogP contribution in [0.25, 0.3) is 0 Å². The molecule has 146 valence electrons. The van der Waals surface area contributed by atoms with Crippen LogP contribution < -0.4 is 20.7 Å². The predicted octanol–water partition coefficient (Wildman–Crippen LogP) is 1.59. The summed E-state index contributed by atoms with van der Waals surface area (Å²) in [7, 11) is 1.29. The zero-order chi connectivity index (χ0) is 20.5. The highest BCUT2D eigenvalue weighted by Gasteiger charge is 2.42. The first-order chi connectivity index (χ1) is 13.2. The fourth-order valence-electron chi connectivity index (χ4n) is 2.76. The molecule has 2 heterocycles. The Kier molecular flexibility index (Phi) is 4.91. The first-order valence-electron chi connectivity index (χ1n) is 8.47. The van der Waals surface area contributed by atoms with Gasteiger partial charge in [0, 0.05) is 5.69 Å². The number of pyridine rings is 1. The topological polar surface area (TPSA) is 124 Å². The molecular formula is C19H20N4O5. The third kappa shape index (κ3) is 3.73. The second kappa shape index (κ2) is 7.18. The summed E-state index contributed by atoms with van der Waals surface area (Å²) in [6.07, 6.45) is 0. The van der Waals surface area contributed by atoms with Gasteiger partial charge >= 0.3 is 5.97 Å². The standard InChI is InChI=1S/C19H20N4O5/c1-19(2)18(26)23(16-13(28-19)8-9-14(20)22-16)10-15(24)21-12-6-4-11(5-7-12)17(25)27-3/h4-9H,10H2,1-3H3,(H2,20,22)(H,21,24). The van der Waals surface area contributed by atoms with Gasteiger partial charge in [0.05, 0.1) is 12.7 Å². The van der Waals surface area contributed by atoms with Crippen LogP contribution in [0.4, 0.5) is 17.3 Å². The zero-order valence-electron chi connectivity index (χ0n) is 15.7. The Labute approximate surface area is 161 Å². The van der Waals surface area contributed by atoms with Crippen molar-refractivity contribution in [1.82, 2.24) is 4.98 Å². The molecule has 0 spiro atoms. The summed E-state index contributed by atoms with van der Waals surface area (Å²) < 4.78 is 10.3. The van der Waals surface area contributed by atoms with Crippen LogP contribution in [0.15, 0.2) is 36.4 Å². The first-order valence-corrected chi connectivity index (χ1v) is 8.47. The number of hydrogen-bond acceptors (Lipinski definition) is 7. The largest absolute Gasteiger partial charge is 0.474 e. The predicted molar refractivity (Wildman–Crippen MR) is 102 cm³/mol. The molecule has 0 saturated heterocycles. The van der Waals surface area contributed by atoms with Gasteiger partial charge in [-0.1, -0.05) is 0 Å². The summed E-state index contributed by atoms with van der Waals surface area (Å²) >= 11 is 0. The first kappa shape index (κ1) is 19.2. The minimum atomic E-state index is -1.15. The normalized spacial score (nSPS) is 14.7. The molecule has 2 amide bonds. The lowest BCUT2D eigenvalue weighted by molar-refractivity contribution is -0.133. The second-order valence-corrected chi connectivity index (χ2v) is 6.68. The minimum Gasteiger partial charge on any atom is -0.474 e. The molecule has 0 saturated carbocycles. The van der Waals surface area contributed by atoms with Crippen LogP contribution in [-0.4, -0.2) is 42.0 Å². The van der Waals surface area contributed by atoms with Gasteiger partial charge in [-0.05, 0) is 50.2 Å². The molecule has 2 aromatic rings. The number of esters is 1. The summed E-state index contributed by atoms with van der Waals surface area (Å²) in [6.45, 7) is 2.96. The number of benzene rings is 1. The zero-order valence-corrected chi connectivity index (χ0v) is 15.7. The van der Waals surface area contributed by atoms with Crippen LogP contribution in [0.3, 0.4) is 0 Å². The maximum atomic E-state index is 12.8. The lowest BCUT2D eigenvalue weighted by Crippen LogP contribution is -2.54. The van der Waals surface area contributed by atoms with Gasteiger partial charge < -0.3 is 20.5 Å². The van der Waals surface area contributed by atoms with E-state index in [0.717, 1.165) is 0 Å². The van der Waals surface area contributed by atoms with Gasteiger partial charge in [0.1, 0.15) is 12.4 Å². The molecule has 0 fully saturated rings. The summed E-state index contributed by atoms with van der Waals surface area (Å²) in [6, 6.07) is 9.37. The number of carbonyl (C=O) groups excluding carboxylic acids is 3. The van der Waals surface area contributed by atoms with E-state index < -0.39 is 23.4 Å². The molecule has 0 unspecified atom stereocenters. The van der Waals surface area contributed by atoms with E-state index in [1.54, 1.807) is 38.1 Å². The second-order valence-electron chi connectivity index (χ2n) is 6.68. The van der Waals surface area contributed by atoms with Crippen molar-refractivity contribution in [3.8, 4) is 5.75 Å². The van der Waals surface area contributed by atoms with E-state index in [2.05, 4.69) is 15.0 Å². The van der Waals surface area contributed by atoms with Crippen LogP contribution >= 0.6 is 0 Å². The number of nitrogens with one attached hydrogen (secondary N) is 1. The van der Waals surface area contributed by atoms with Crippen molar-refractivity contribution in [1.29, 1.82) is 0 Å². The highest BCUT2D eigenvalue weighted by Crippen LogP contribution is 2.36. The van der Waals surface area contributed by atoms with Crippen molar-refractivity contribution in [2.24, 2.45) is 0 Å². The molecule has 9 heteroatoms. The van der Waals surface area contributed by atoms with Gasteiger partial charge in [0.2, 0.25) is 5.91 Å². The summed E-state index contributed by atoms with van der Waals surface area (Å²) in [5.74, 6) is -0.547. The molecule has 0 atom stereocenters. The fourth-order valence-corrected chi connectivity index (χ4v) is 2.76. The Bertz CT molecular complexity index is 940. The van der Waals surface area contributed by atoms with E-state index in [4.69, 9.17) is 10.5 Å². The number of nitrogens with zero attached hydrogens (tertiary/aromatic N) is 2. The van der Waals surface area contributed by atoms with Crippen molar-refractivity contribution in [2.45, 2.75) is 19.4 Å². The molecule has 1 aromatic carbocycles. The lowest BCUT2D eigenvalue weighted by atomic mass is 10.1. The Morgan fingerprint density at radius 1 is 1.21 bits per heavy atom. The van der Waals surface area contributed by atoms with Crippen LogP contribution in [0.5, 0.6) is 5.75 Å². The van der Waals surface area contributed by atoms with Crippen molar-refractivity contribution in [3.05, 3.63) is 42.0 Å². The summed E-state index contributed by atoms with van der Waals surface area (Å²) in [5, 5.41) is 2.68. The number of hydrogen-bond donors (Lipinski definition) is 2. The third-order valence-electron chi connectivity index (χ3n) is 4.13. The number of nitrogens with two attached hydrogens (primary N) is 1. The number of aromatic nitrogens is 1. The van der Waals surface area contributed by atoms with Crippen LogP contribution in [0, 0.1) is 0 Å². The van der Waals surface area contributed by atoms with Crippen molar-refractivity contribution < 1.29 is 23.9 Å². The number of methoxy groups -OCH3 is 1. The van der Waals surface area contributed by atoms with E-state index in [9.17, 15) is 14.4 Å². The molecule has 28 heavy (non-hydrogen) atoms. The molecular weight excluding hydrogens is 364 g/mol. The Hall–Kier alpha value is -3.62. The van der Waals surface area contributed by atoms with Gasteiger partial charge in [-0.15, -0.1) is 0 Å². The number of nitrogen functional groups attached to an aromatic ring is 1. The molecule has 9 nitrogen and oxygen atoms in total. The van der Waals surface area contributed by atoms with Crippen molar-refractivity contribution in [3.63, 3.8) is 0 Å². The molecule has 0 radical (unpaired) electrons. The number of ether oxygens (including phenoxy) is 2. The summed E-state index contributed by atoms with van der Waals surface area (Å²) in [4.78, 5) is 42.1. The molecule has 1 aliphatic rings. The Morgan fingerprint density at radius 2 is 1.89 bits per heavy atom. The highest BCUT2D eigenvalue weighted by atomic mass is 16.5. The van der Waals surface area contributed by atoms with Crippen molar-refractivity contribution in [2.75, 3.05) is 29.6 Å². The minimum absolute atomic E-state index is 0.195. The highest BCUT2D eigenvalue weighted by molar-refractivity contribution is 6.07. The molecule has 3 rings (SSSR count). The van der Waals surface area contributed by atoms with E-state index in [0.29, 0.717) is 17.0 Å².